The van der Waals surface area contributed by atoms with Crippen molar-refractivity contribution in [1.29, 1.82) is 0 Å². The number of aliphatic hydroxyl groups is 1. The van der Waals surface area contributed by atoms with E-state index in [1.54, 1.807) is 0 Å². The minimum absolute atomic E-state index is 0.344. The zero-order chi connectivity index (χ0) is 17.1. The lowest BCUT2D eigenvalue weighted by atomic mass is 9.98. The smallest absolute Gasteiger partial charge is 0.0900 e. The average Bonchev–Trinajstić information content (AvgIpc) is 3.22. The molecule has 0 spiro atoms. The number of ether oxygens (including phenoxy) is 1. The van der Waals surface area contributed by atoms with E-state index in [9.17, 15) is 5.11 Å². The van der Waals surface area contributed by atoms with Gasteiger partial charge in [0.1, 0.15) is 0 Å². The maximum atomic E-state index is 10.4. The van der Waals surface area contributed by atoms with E-state index in [1.165, 1.54) is 44.1 Å². The molecule has 3 aliphatic rings. The monoisotopic (exact) mass is 344 g/mol. The standard InChI is InChI=1S/C21H32N2O2/c24-20(16-25-21-9-5-2-6-10-21)15-23-14-18-11-19(23)13-22(18)12-17-7-3-1-4-8-17/h1,3-4,7-8,18-21,24H,2,5-6,9-16H2/t18?,19?,20-/m1/s1. The lowest BCUT2D eigenvalue weighted by Crippen LogP contribution is -2.48. The third kappa shape index (κ3) is 4.43. The third-order valence-corrected chi connectivity index (χ3v) is 6.22. The molecule has 1 saturated carbocycles. The third-order valence-electron chi connectivity index (χ3n) is 6.22. The molecule has 2 aliphatic heterocycles. The van der Waals surface area contributed by atoms with Crippen LogP contribution in [0.3, 0.4) is 0 Å². The van der Waals surface area contributed by atoms with Gasteiger partial charge in [0, 0.05) is 38.3 Å². The zero-order valence-corrected chi connectivity index (χ0v) is 15.2. The maximum Gasteiger partial charge on any atom is 0.0900 e. The van der Waals surface area contributed by atoms with E-state index in [-0.39, 0.29) is 6.10 Å². The Balaban J connectivity index is 1.19. The SMILES string of the molecule is O[C@@H](COC1CCCCC1)CN1CC2CC1CN2Cc1ccccc1. The molecule has 1 N–H and O–H groups in total. The van der Waals surface area contributed by atoms with E-state index in [1.807, 2.05) is 0 Å². The summed E-state index contributed by atoms with van der Waals surface area (Å²) >= 11 is 0. The molecule has 2 heterocycles. The van der Waals surface area contributed by atoms with Gasteiger partial charge < -0.3 is 9.84 Å². The van der Waals surface area contributed by atoms with Crippen molar-refractivity contribution >= 4 is 0 Å². The number of aliphatic hydroxyl groups excluding tert-OH is 1. The van der Waals surface area contributed by atoms with Crippen LogP contribution in [0.4, 0.5) is 0 Å². The van der Waals surface area contributed by atoms with Gasteiger partial charge in [0.2, 0.25) is 0 Å². The Morgan fingerprint density at radius 3 is 2.44 bits per heavy atom. The maximum absolute atomic E-state index is 10.4. The van der Waals surface area contributed by atoms with E-state index < -0.39 is 0 Å². The number of hydrogen-bond acceptors (Lipinski definition) is 4. The number of likely N-dealkylation sites (tertiary alicyclic amines) is 2. The van der Waals surface area contributed by atoms with Gasteiger partial charge in [0.15, 0.2) is 0 Å². The van der Waals surface area contributed by atoms with Gasteiger partial charge in [-0.15, -0.1) is 0 Å². The molecule has 4 rings (SSSR count). The molecule has 4 nitrogen and oxygen atoms in total. The number of benzene rings is 1. The zero-order valence-electron chi connectivity index (χ0n) is 15.2. The van der Waals surface area contributed by atoms with E-state index in [0.717, 1.165) is 26.2 Å². The first-order valence-corrected chi connectivity index (χ1v) is 10.1. The van der Waals surface area contributed by atoms with Crippen molar-refractivity contribution in [3.8, 4) is 0 Å². The van der Waals surface area contributed by atoms with Gasteiger partial charge in [0.25, 0.3) is 0 Å². The lowest BCUT2D eigenvalue weighted by Gasteiger charge is -2.35. The van der Waals surface area contributed by atoms with Crippen LogP contribution in [0.1, 0.15) is 44.1 Å². The summed E-state index contributed by atoms with van der Waals surface area (Å²) in [5.41, 5.74) is 1.41. The van der Waals surface area contributed by atoms with E-state index in [2.05, 4.69) is 40.1 Å². The van der Waals surface area contributed by atoms with Crippen molar-refractivity contribution in [2.75, 3.05) is 26.2 Å². The molecule has 138 valence electrons. The quantitative estimate of drug-likeness (QED) is 0.825. The number of hydrogen-bond donors (Lipinski definition) is 1. The molecule has 0 radical (unpaired) electrons. The first-order valence-electron chi connectivity index (χ1n) is 10.1. The van der Waals surface area contributed by atoms with Gasteiger partial charge in [-0.1, -0.05) is 49.6 Å². The Morgan fingerprint density at radius 1 is 1.00 bits per heavy atom. The Hall–Kier alpha value is -0.940. The van der Waals surface area contributed by atoms with Gasteiger partial charge in [-0.2, -0.15) is 0 Å². The van der Waals surface area contributed by atoms with Crippen molar-refractivity contribution < 1.29 is 9.84 Å². The van der Waals surface area contributed by atoms with Gasteiger partial charge in [0.05, 0.1) is 18.8 Å². The van der Waals surface area contributed by atoms with Crippen LogP contribution in [-0.4, -0.2) is 65.4 Å². The van der Waals surface area contributed by atoms with Gasteiger partial charge in [-0.3, -0.25) is 9.80 Å². The van der Waals surface area contributed by atoms with Crippen molar-refractivity contribution in [3.05, 3.63) is 35.9 Å². The van der Waals surface area contributed by atoms with E-state index in [4.69, 9.17) is 4.74 Å². The molecule has 3 fully saturated rings. The fraction of sp³-hybridized carbons (Fsp3) is 0.714. The molecule has 25 heavy (non-hydrogen) atoms. The normalized spacial score (nSPS) is 29.3. The van der Waals surface area contributed by atoms with Crippen LogP contribution < -0.4 is 0 Å². The van der Waals surface area contributed by atoms with Crippen molar-refractivity contribution in [2.24, 2.45) is 0 Å². The number of piperazine rings is 1. The largest absolute Gasteiger partial charge is 0.389 e. The number of nitrogens with zero attached hydrogens (tertiary/aromatic N) is 2. The fourth-order valence-electron chi connectivity index (χ4n) is 4.87. The second-order valence-corrected chi connectivity index (χ2v) is 8.16. The highest BCUT2D eigenvalue weighted by atomic mass is 16.5. The highest BCUT2D eigenvalue weighted by Crippen LogP contribution is 2.32. The summed E-state index contributed by atoms with van der Waals surface area (Å²) in [5, 5.41) is 10.4. The Morgan fingerprint density at radius 2 is 1.72 bits per heavy atom. The molecule has 1 aromatic carbocycles. The second kappa shape index (κ2) is 8.17. The molecular formula is C21H32N2O2. The van der Waals surface area contributed by atoms with Crippen LogP contribution in [0, 0.1) is 0 Å². The van der Waals surface area contributed by atoms with Crippen LogP contribution in [0.5, 0.6) is 0 Å². The first-order chi connectivity index (χ1) is 12.3. The molecule has 1 aliphatic carbocycles. The summed E-state index contributed by atoms with van der Waals surface area (Å²) in [5.74, 6) is 0. The average molecular weight is 344 g/mol. The number of β-amino-alcohol motifs (C(OH)–C–C–N with tert-alkyl or cyclic N) is 1. The molecule has 4 heteroatoms. The summed E-state index contributed by atoms with van der Waals surface area (Å²) in [7, 11) is 0. The van der Waals surface area contributed by atoms with Crippen LogP contribution in [0.2, 0.25) is 0 Å². The fourth-order valence-corrected chi connectivity index (χ4v) is 4.87. The minimum atomic E-state index is -0.344. The summed E-state index contributed by atoms with van der Waals surface area (Å²) in [6.45, 7) is 4.57. The number of rotatable bonds is 7. The van der Waals surface area contributed by atoms with Crippen molar-refractivity contribution in [1.82, 2.24) is 9.80 Å². The Labute approximate surface area is 151 Å². The van der Waals surface area contributed by atoms with Crippen molar-refractivity contribution in [3.63, 3.8) is 0 Å². The van der Waals surface area contributed by atoms with Gasteiger partial charge >= 0.3 is 0 Å². The molecule has 2 unspecified atom stereocenters. The predicted molar refractivity (Wildman–Crippen MR) is 99.4 cm³/mol. The molecule has 1 aromatic rings. The first kappa shape index (κ1) is 17.5. The highest BCUT2D eigenvalue weighted by molar-refractivity contribution is 5.15. The molecule has 0 amide bonds. The van der Waals surface area contributed by atoms with Gasteiger partial charge in [-0.25, -0.2) is 0 Å². The Kier molecular flexibility index (Phi) is 5.71. The summed E-state index contributed by atoms with van der Waals surface area (Å²) in [4.78, 5) is 5.10. The molecule has 2 saturated heterocycles. The Bertz CT molecular complexity index is 532. The topological polar surface area (TPSA) is 35.9 Å². The van der Waals surface area contributed by atoms with Crippen LogP contribution >= 0.6 is 0 Å². The summed E-state index contributed by atoms with van der Waals surface area (Å²) in [6, 6.07) is 12.0. The molecule has 3 atom stereocenters. The molecule has 0 aromatic heterocycles. The van der Waals surface area contributed by atoms with Crippen LogP contribution in [0.15, 0.2) is 30.3 Å². The molecule has 2 bridgehead atoms. The van der Waals surface area contributed by atoms with Crippen LogP contribution in [-0.2, 0) is 11.3 Å². The van der Waals surface area contributed by atoms with Crippen molar-refractivity contribution in [2.45, 2.75) is 69.4 Å². The molecular weight excluding hydrogens is 312 g/mol. The second-order valence-electron chi connectivity index (χ2n) is 8.16. The van der Waals surface area contributed by atoms with Crippen LogP contribution in [0.25, 0.3) is 0 Å². The lowest BCUT2D eigenvalue weighted by molar-refractivity contribution is -0.0380. The predicted octanol–water partition coefficient (Wildman–Crippen LogP) is 2.66. The van der Waals surface area contributed by atoms with E-state index >= 15 is 0 Å². The highest BCUT2D eigenvalue weighted by Gasteiger charge is 2.43. The summed E-state index contributed by atoms with van der Waals surface area (Å²) in [6.07, 6.45) is 7.57. The van der Waals surface area contributed by atoms with E-state index in [0.29, 0.717) is 24.8 Å². The minimum Gasteiger partial charge on any atom is -0.389 e. The van der Waals surface area contributed by atoms with Gasteiger partial charge in [-0.05, 0) is 24.8 Å². The number of fused-ring (bicyclic) bond motifs is 2. The summed E-state index contributed by atoms with van der Waals surface area (Å²) < 4.78 is 5.95.